The summed E-state index contributed by atoms with van der Waals surface area (Å²) in [6, 6.07) is 7.27. The van der Waals surface area contributed by atoms with Gasteiger partial charge in [-0.1, -0.05) is 12.1 Å². The molecular weight excluding hydrogens is 226 g/mol. The van der Waals surface area contributed by atoms with E-state index in [1.54, 1.807) is 12.1 Å². The summed E-state index contributed by atoms with van der Waals surface area (Å²) in [6.45, 7) is 0.580. The lowest BCUT2D eigenvalue weighted by Gasteiger charge is -2.21. The molecule has 1 N–H and O–H groups in total. The molecule has 1 aliphatic carbocycles. The van der Waals surface area contributed by atoms with Crippen molar-refractivity contribution in [2.24, 2.45) is 0 Å². The minimum Gasteiger partial charge on any atom is -0.508 e. The zero-order valence-corrected chi connectivity index (χ0v) is 9.65. The van der Waals surface area contributed by atoms with Gasteiger partial charge < -0.3 is 10.0 Å². The second-order valence-electron chi connectivity index (χ2n) is 4.05. The second-order valence-corrected chi connectivity index (χ2v) is 4.32. The van der Waals surface area contributed by atoms with Crippen molar-refractivity contribution in [2.45, 2.75) is 25.4 Å². The highest BCUT2D eigenvalue weighted by Gasteiger charge is 2.31. The van der Waals surface area contributed by atoms with Gasteiger partial charge in [-0.25, -0.2) is 0 Å². The molecular formula is C12H14ClNO2. The molecule has 1 amide bonds. The number of hydrogen-bond donors (Lipinski definition) is 1. The summed E-state index contributed by atoms with van der Waals surface area (Å²) >= 11 is 5.58. The molecule has 0 aromatic heterocycles. The largest absolute Gasteiger partial charge is 0.508 e. The highest BCUT2D eigenvalue weighted by molar-refractivity contribution is 6.27. The van der Waals surface area contributed by atoms with Crippen LogP contribution in [0.1, 0.15) is 18.4 Å². The molecule has 16 heavy (non-hydrogen) atoms. The molecule has 86 valence electrons. The fraction of sp³-hybridized carbons (Fsp3) is 0.417. The fourth-order valence-corrected chi connectivity index (χ4v) is 1.84. The van der Waals surface area contributed by atoms with E-state index in [4.69, 9.17) is 16.7 Å². The fourth-order valence-electron chi connectivity index (χ4n) is 1.68. The Hall–Kier alpha value is -1.22. The van der Waals surface area contributed by atoms with E-state index in [-0.39, 0.29) is 17.5 Å². The average Bonchev–Trinajstić information content (AvgIpc) is 3.11. The second kappa shape index (κ2) is 4.74. The van der Waals surface area contributed by atoms with Crippen molar-refractivity contribution < 1.29 is 9.90 Å². The van der Waals surface area contributed by atoms with Crippen molar-refractivity contribution in [3.8, 4) is 5.75 Å². The van der Waals surface area contributed by atoms with E-state index in [0.29, 0.717) is 12.6 Å². The molecule has 1 saturated carbocycles. The molecule has 0 saturated heterocycles. The van der Waals surface area contributed by atoms with E-state index in [9.17, 15) is 4.79 Å². The minimum absolute atomic E-state index is 0.0164. The molecule has 0 aliphatic heterocycles. The van der Waals surface area contributed by atoms with E-state index >= 15 is 0 Å². The van der Waals surface area contributed by atoms with E-state index in [0.717, 1.165) is 18.4 Å². The van der Waals surface area contributed by atoms with Crippen LogP contribution in [0.25, 0.3) is 0 Å². The van der Waals surface area contributed by atoms with Crippen LogP contribution in [0.15, 0.2) is 24.3 Å². The Bertz CT molecular complexity index is 373. The van der Waals surface area contributed by atoms with Gasteiger partial charge in [0.05, 0.1) is 0 Å². The van der Waals surface area contributed by atoms with Crippen LogP contribution < -0.4 is 0 Å². The van der Waals surface area contributed by atoms with Gasteiger partial charge in [0, 0.05) is 12.6 Å². The first-order valence-corrected chi connectivity index (χ1v) is 5.87. The predicted octanol–water partition coefficient (Wildman–Crippen LogP) is 2.12. The lowest BCUT2D eigenvalue weighted by molar-refractivity contribution is -0.129. The third kappa shape index (κ3) is 2.67. The molecule has 3 nitrogen and oxygen atoms in total. The van der Waals surface area contributed by atoms with Crippen molar-refractivity contribution in [2.75, 3.05) is 5.88 Å². The van der Waals surface area contributed by atoms with Crippen LogP contribution in [0.4, 0.5) is 0 Å². The molecule has 2 rings (SSSR count). The number of carbonyl (C=O) groups excluding carboxylic acids is 1. The number of benzene rings is 1. The van der Waals surface area contributed by atoms with E-state index in [1.807, 2.05) is 17.0 Å². The SMILES string of the molecule is O=C(CCl)N(Cc1ccc(O)cc1)C1CC1. The van der Waals surface area contributed by atoms with Crippen molar-refractivity contribution in [3.63, 3.8) is 0 Å². The van der Waals surface area contributed by atoms with Crippen molar-refractivity contribution in [1.29, 1.82) is 0 Å². The molecule has 0 spiro atoms. The van der Waals surface area contributed by atoms with Gasteiger partial charge in [-0.3, -0.25) is 4.79 Å². The Balaban J connectivity index is 2.05. The van der Waals surface area contributed by atoms with Crippen LogP contribution in [0.5, 0.6) is 5.75 Å². The Kier molecular flexibility index (Phi) is 3.34. The molecule has 0 radical (unpaired) electrons. The maximum absolute atomic E-state index is 11.6. The number of alkyl halides is 1. The van der Waals surface area contributed by atoms with Crippen molar-refractivity contribution >= 4 is 17.5 Å². The highest BCUT2D eigenvalue weighted by atomic mass is 35.5. The molecule has 1 aromatic carbocycles. The van der Waals surface area contributed by atoms with E-state index < -0.39 is 0 Å². The minimum atomic E-state index is -0.0164. The molecule has 0 heterocycles. The Morgan fingerprint density at radius 2 is 2.00 bits per heavy atom. The van der Waals surface area contributed by atoms with Crippen LogP contribution >= 0.6 is 11.6 Å². The lowest BCUT2D eigenvalue weighted by atomic mass is 10.2. The molecule has 1 fully saturated rings. The van der Waals surface area contributed by atoms with Gasteiger partial charge in [0.15, 0.2) is 0 Å². The molecule has 0 unspecified atom stereocenters. The number of amides is 1. The number of rotatable bonds is 4. The van der Waals surface area contributed by atoms with Gasteiger partial charge >= 0.3 is 0 Å². The van der Waals surface area contributed by atoms with Gasteiger partial charge in [0.2, 0.25) is 5.91 Å². The van der Waals surface area contributed by atoms with E-state index in [1.165, 1.54) is 0 Å². The first-order valence-electron chi connectivity index (χ1n) is 5.34. The smallest absolute Gasteiger partial charge is 0.238 e. The number of phenols is 1. The monoisotopic (exact) mass is 239 g/mol. The maximum atomic E-state index is 11.6. The quantitative estimate of drug-likeness (QED) is 0.818. The molecule has 0 atom stereocenters. The normalized spacial score (nSPS) is 14.8. The molecule has 1 aliphatic rings. The summed E-state index contributed by atoms with van der Waals surface area (Å²) < 4.78 is 0. The van der Waals surface area contributed by atoms with Crippen molar-refractivity contribution in [3.05, 3.63) is 29.8 Å². The highest BCUT2D eigenvalue weighted by Crippen LogP contribution is 2.28. The molecule has 0 bridgehead atoms. The van der Waals surface area contributed by atoms with Gasteiger partial charge in [0.25, 0.3) is 0 Å². The van der Waals surface area contributed by atoms with Crippen LogP contribution in [0.3, 0.4) is 0 Å². The summed E-state index contributed by atoms with van der Waals surface area (Å²) in [5, 5.41) is 9.17. The third-order valence-corrected chi connectivity index (χ3v) is 2.94. The number of aromatic hydroxyl groups is 1. The summed E-state index contributed by atoms with van der Waals surface area (Å²) in [5.74, 6) is 0.261. The van der Waals surface area contributed by atoms with Crippen LogP contribution in [-0.2, 0) is 11.3 Å². The molecule has 4 heteroatoms. The summed E-state index contributed by atoms with van der Waals surface area (Å²) in [4.78, 5) is 13.4. The summed E-state index contributed by atoms with van der Waals surface area (Å²) in [5.41, 5.74) is 1.02. The Labute approximate surface area is 99.6 Å². The van der Waals surface area contributed by atoms with Crippen LogP contribution in [0, 0.1) is 0 Å². The Morgan fingerprint density at radius 1 is 1.38 bits per heavy atom. The van der Waals surface area contributed by atoms with E-state index in [2.05, 4.69) is 0 Å². The summed E-state index contributed by atoms with van der Waals surface area (Å²) in [7, 11) is 0. The Morgan fingerprint density at radius 3 is 2.50 bits per heavy atom. The standard InChI is InChI=1S/C12H14ClNO2/c13-7-12(16)14(10-3-4-10)8-9-1-5-11(15)6-2-9/h1-2,5-6,10,15H,3-4,7-8H2. The number of nitrogens with zero attached hydrogens (tertiary/aromatic N) is 1. The zero-order chi connectivity index (χ0) is 11.5. The van der Waals surface area contributed by atoms with Crippen LogP contribution in [-0.4, -0.2) is 27.8 Å². The number of phenolic OH excluding ortho intramolecular Hbond substituents is 1. The predicted molar refractivity (Wildman–Crippen MR) is 62.4 cm³/mol. The van der Waals surface area contributed by atoms with Gasteiger partial charge in [-0.05, 0) is 30.5 Å². The maximum Gasteiger partial charge on any atom is 0.238 e. The van der Waals surface area contributed by atoms with Crippen molar-refractivity contribution in [1.82, 2.24) is 4.90 Å². The first kappa shape index (κ1) is 11.3. The zero-order valence-electron chi connectivity index (χ0n) is 8.90. The topological polar surface area (TPSA) is 40.5 Å². The number of halogens is 1. The van der Waals surface area contributed by atoms with Crippen LogP contribution in [0.2, 0.25) is 0 Å². The van der Waals surface area contributed by atoms with Gasteiger partial charge in [-0.2, -0.15) is 0 Å². The summed E-state index contributed by atoms with van der Waals surface area (Å²) in [6.07, 6.45) is 2.14. The third-order valence-electron chi connectivity index (χ3n) is 2.71. The van der Waals surface area contributed by atoms with Gasteiger partial charge in [0.1, 0.15) is 11.6 Å². The number of carbonyl (C=O) groups is 1. The van der Waals surface area contributed by atoms with Gasteiger partial charge in [-0.15, -0.1) is 11.6 Å². The molecule has 1 aromatic rings. The number of hydrogen-bond acceptors (Lipinski definition) is 2. The lowest BCUT2D eigenvalue weighted by Crippen LogP contribution is -2.33. The average molecular weight is 240 g/mol. The first-order chi connectivity index (χ1) is 7.70.